The maximum atomic E-state index is 13.2. The average Bonchev–Trinajstić information content (AvgIpc) is 3.47. The van der Waals surface area contributed by atoms with E-state index in [2.05, 4.69) is 10.4 Å². The Kier molecular flexibility index (Phi) is 6.93. The average molecular weight is 484 g/mol. The Bertz CT molecular complexity index is 1320. The molecule has 0 saturated heterocycles. The van der Waals surface area contributed by atoms with E-state index in [0.29, 0.717) is 11.4 Å². The summed E-state index contributed by atoms with van der Waals surface area (Å²) >= 11 is 5.95. The van der Waals surface area contributed by atoms with Gasteiger partial charge in [-0.25, -0.2) is 13.9 Å². The van der Waals surface area contributed by atoms with Gasteiger partial charge in [-0.05, 0) is 49.4 Å². The van der Waals surface area contributed by atoms with Gasteiger partial charge in [0.05, 0.1) is 23.5 Å². The number of nitrogens with zero attached hydrogens (tertiary/aromatic N) is 2. The van der Waals surface area contributed by atoms with Crippen LogP contribution in [0.1, 0.15) is 33.6 Å². The summed E-state index contributed by atoms with van der Waals surface area (Å²) in [6.07, 6.45) is 1.33. The van der Waals surface area contributed by atoms with Crippen LogP contribution < -0.4 is 10.1 Å². The second kappa shape index (κ2) is 10.2. The van der Waals surface area contributed by atoms with E-state index in [9.17, 15) is 14.0 Å². The molecule has 0 aliphatic carbocycles. The minimum absolute atomic E-state index is 0.0144. The largest absolute Gasteiger partial charge is 0.484 e. The summed E-state index contributed by atoms with van der Waals surface area (Å²) in [4.78, 5) is 25.3. The number of hydrogen-bond donors (Lipinski definition) is 1. The summed E-state index contributed by atoms with van der Waals surface area (Å²) in [6, 6.07) is 15.8. The zero-order chi connectivity index (χ0) is 24.1. The van der Waals surface area contributed by atoms with Gasteiger partial charge in [-0.2, -0.15) is 5.10 Å². The van der Waals surface area contributed by atoms with Crippen LogP contribution in [0.15, 0.2) is 71.3 Å². The third-order valence-corrected chi connectivity index (χ3v) is 4.94. The lowest BCUT2D eigenvalue weighted by atomic mass is 10.3. The molecule has 34 heavy (non-hydrogen) atoms. The van der Waals surface area contributed by atoms with E-state index >= 15 is 0 Å². The maximum absolute atomic E-state index is 13.2. The number of rotatable bonds is 8. The monoisotopic (exact) mass is 483 g/mol. The Morgan fingerprint density at radius 2 is 1.94 bits per heavy atom. The van der Waals surface area contributed by atoms with E-state index in [0.717, 1.165) is 6.07 Å². The predicted molar refractivity (Wildman–Crippen MR) is 122 cm³/mol. The number of anilines is 1. The van der Waals surface area contributed by atoms with Crippen molar-refractivity contribution in [1.82, 2.24) is 9.78 Å². The number of ether oxygens (including phenoxy) is 2. The van der Waals surface area contributed by atoms with Crippen LogP contribution in [0.25, 0.3) is 5.69 Å². The number of para-hydroxylation sites is 1. The highest BCUT2D eigenvalue weighted by atomic mass is 35.5. The van der Waals surface area contributed by atoms with E-state index in [-0.39, 0.29) is 41.1 Å². The predicted octanol–water partition coefficient (Wildman–Crippen LogP) is 5.27. The number of nitrogens with one attached hydrogen (secondary N) is 1. The van der Waals surface area contributed by atoms with Gasteiger partial charge in [-0.3, -0.25) is 4.79 Å². The topological polar surface area (TPSA) is 95.6 Å². The summed E-state index contributed by atoms with van der Waals surface area (Å²) in [6.45, 7) is 1.82. The summed E-state index contributed by atoms with van der Waals surface area (Å²) < 4.78 is 30.8. The van der Waals surface area contributed by atoms with E-state index < -0.39 is 17.7 Å². The molecule has 0 unspecified atom stereocenters. The number of aromatic nitrogens is 2. The highest BCUT2D eigenvalue weighted by molar-refractivity contribution is 6.32. The van der Waals surface area contributed by atoms with Crippen LogP contribution in [0.5, 0.6) is 5.75 Å². The molecule has 4 aromatic rings. The van der Waals surface area contributed by atoms with Gasteiger partial charge in [0.2, 0.25) is 0 Å². The van der Waals surface area contributed by atoms with Crippen molar-refractivity contribution >= 4 is 29.3 Å². The van der Waals surface area contributed by atoms with E-state index in [4.69, 9.17) is 25.5 Å². The van der Waals surface area contributed by atoms with Crippen molar-refractivity contribution < 1.29 is 27.9 Å². The summed E-state index contributed by atoms with van der Waals surface area (Å²) in [5, 5.41) is 7.03. The highest BCUT2D eigenvalue weighted by Crippen LogP contribution is 2.26. The number of hydrogen-bond acceptors (Lipinski definition) is 6. The number of esters is 1. The fraction of sp³-hybridized carbons (Fsp3) is 0.125. The van der Waals surface area contributed by atoms with Crippen LogP contribution in [0, 0.1) is 5.82 Å². The van der Waals surface area contributed by atoms with Crippen molar-refractivity contribution in [3.8, 4) is 11.4 Å². The van der Waals surface area contributed by atoms with Crippen molar-refractivity contribution in [2.45, 2.75) is 13.5 Å². The Balaban J connectivity index is 1.53. The molecule has 2 heterocycles. The lowest BCUT2D eigenvalue weighted by Crippen LogP contribution is -2.17. The minimum Gasteiger partial charge on any atom is -0.484 e. The van der Waals surface area contributed by atoms with Gasteiger partial charge in [-0.1, -0.05) is 29.8 Å². The standard InChI is InChI=1S/C24H19ClFN3O5/c1-2-32-24(31)18-13-27-29(16-6-4-3-5-7-16)22(18)28-23(30)21-11-9-17(34-21)14-33-20-10-8-15(26)12-19(20)25/h3-13H,2,14H2,1H3,(H,28,30). The van der Waals surface area contributed by atoms with E-state index in [1.807, 2.05) is 6.07 Å². The van der Waals surface area contributed by atoms with Crippen molar-refractivity contribution in [3.63, 3.8) is 0 Å². The first-order chi connectivity index (χ1) is 16.5. The van der Waals surface area contributed by atoms with Crippen LogP contribution in [0.3, 0.4) is 0 Å². The Labute approximate surface area is 198 Å². The van der Waals surface area contributed by atoms with Crippen LogP contribution >= 0.6 is 11.6 Å². The minimum atomic E-state index is -0.621. The normalized spacial score (nSPS) is 10.7. The second-order valence-electron chi connectivity index (χ2n) is 6.96. The summed E-state index contributed by atoms with van der Waals surface area (Å²) in [7, 11) is 0. The zero-order valence-corrected chi connectivity index (χ0v) is 18.7. The Morgan fingerprint density at radius 3 is 2.68 bits per heavy atom. The highest BCUT2D eigenvalue weighted by Gasteiger charge is 2.23. The molecule has 0 saturated carbocycles. The van der Waals surface area contributed by atoms with Crippen molar-refractivity contribution in [3.05, 3.63) is 94.8 Å². The fourth-order valence-corrected chi connectivity index (χ4v) is 3.30. The Morgan fingerprint density at radius 1 is 1.15 bits per heavy atom. The SMILES string of the molecule is CCOC(=O)c1cnn(-c2ccccc2)c1NC(=O)c1ccc(COc2ccc(F)cc2Cl)o1. The number of carbonyl (C=O) groups is 2. The third-order valence-electron chi connectivity index (χ3n) is 4.65. The first-order valence-corrected chi connectivity index (χ1v) is 10.6. The molecule has 0 fully saturated rings. The summed E-state index contributed by atoms with van der Waals surface area (Å²) in [5.74, 6) is -0.962. The van der Waals surface area contributed by atoms with Crippen LogP contribution in [0.4, 0.5) is 10.2 Å². The maximum Gasteiger partial charge on any atom is 0.343 e. The van der Waals surface area contributed by atoms with Crippen molar-refractivity contribution in [2.75, 3.05) is 11.9 Å². The number of amides is 1. The lowest BCUT2D eigenvalue weighted by molar-refractivity contribution is 0.0527. The molecule has 1 N–H and O–H groups in total. The molecule has 8 nitrogen and oxygen atoms in total. The smallest absolute Gasteiger partial charge is 0.343 e. The zero-order valence-electron chi connectivity index (χ0n) is 18.0. The molecular weight excluding hydrogens is 465 g/mol. The van der Waals surface area contributed by atoms with Crippen molar-refractivity contribution in [1.29, 1.82) is 0 Å². The molecule has 2 aromatic carbocycles. The van der Waals surface area contributed by atoms with Gasteiger partial charge in [0.15, 0.2) is 11.6 Å². The van der Waals surface area contributed by atoms with Gasteiger partial charge in [-0.15, -0.1) is 0 Å². The quantitative estimate of drug-likeness (QED) is 0.343. The molecule has 174 valence electrons. The van der Waals surface area contributed by atoms with E-state index in [1.54, 1.807) is 37.3 Å². The van der Waals surface area contributed by atoms with Gasteiger partial charge in [0, 0.05) is 0 Å². The number of carbonyl (C=O) groups excluding carboxylic acids is 2. The molecule has 4 rings (SSSR count). The number of benzene rings is 2. The molecule has 0 aliphatic rings. The Hall–Kier alpha value is -4.11. The van der Waals surface area contributed by atoms with Gasteiger partial charge in [0.1, 0.15) is 29.5 Å². The van der Waals surface area contributed by atoms with E-state index in [1.165, 1.54) is 29.1 Å². The lowest BCUT2D eigenvalue weighted by Gasteiger charge is -2.10. The molecule has 0 radical (unpaired) electrons. The molecule has 0 bridgehead atoms. The number of halogens is 2. The van der Waals surface area contributed by atoms with Crippen LogP contribution in [-0.2, 0) is 11.3 Å². The first kappa shape index (κ1) is 23.1. The van der Waals surface area contributed by atoms with Crippen molar-refractivity contribution in [2.24, 2.45) is 0 Å². The van der Waals surface area contributed by atoms with Gasteiger partial charge >= 0.3 is 5.97 Å². The molecule has 10 heteroatoms. The molecule has 2 aromatic heterocycles. The molecular formula is C24H19ClFN3O5. The van der Waals surface area contributed by atoms with Gasteiger partial charge < -0.3 is 19.2 Å². The first-order valence-electron chi connectivity index (χ1n) is 10.2. The summed E-state index contributed by atoms with van der Waals surface area (Å²) in [5.41, 5.74) is 0.734. The third kappa shape index (κ3) is 5.10. The second-order valence-corrected chi connectivity index (χ2v) is 7.37. The molecule has 0 atom stereocenters. The molecule has 1 amide bonds. The van der Waals surface area contributed by atoms with Gasteiger partial charge in [0.25, 0.3) is 5.91 Å². The fourth-order valence-electron chi connectivity index (χ4n) is 3.08. The van der Waals surface area contributed by atoms with Crippen LogP contribution in [-0.4, -0.2) is 28.3 Å². The molecule has 0 spiro atoms. The van der Waals surface area contributed by atoms with Crippen LogP contribution in [0.2, 0.25) is 5.02 Å². The number of furan rings is 1. The molecule has 0 aliphatic heterocycles.